The van der Waals surface area contributed by atoms with Crippen LogP contribution in [0.2, 0.25) is 10.0 Å². The van der Waals surface area contributed by atoms with Gasteiger partial charge in [-0.05, 0) is 25.1 Å². The average molecular weight is 315 g/mol. The van der Waals surface area contributed by atoms with Crippen LogP contribution in [0.5, 0.6) is 0 Å². The van der Waals surface area contributed by atoms with E-state index in [2.05, 4.69) is 5.32 Å². The fourth-order valence-electron chi connectivity index (χ4n) is 1.94. The molecule has 0 spiro atoms. The van der Waals surface area contributed by atoms with Crippen LogP contribution in [0.4, 0.5) is 10.1 Å². The smallest absolute Gasteiger partial charge is 0.250 e. The number of hydrogen-bond donors (Lipinski definition) is 1. The summed E-state index contributed by atoms with van der Waals surface area (Å²) >= 11 is 12.0. The number of benzene rings is 1. The van der Waals surface area contributed by atoms with Gasteiger partial charge in [0.2, 0.25) is 5.56 Å². The van der Waals surface area contributed by atoms with E-state index in [0.717, 1.165) is 5.69 Å². The van der Waals surface area contributed by atoms with E-state index in [9.17, 15) is 9.18 Å². The third-order valence-electron chi connectivity index (χ3n) is 2.98. The molecule has 106 valence electrons. The van der Waals surface area contributed by atoms with Gasteiger partial charge in [0.1, 0.15) is 5.82 Å². The summed E-state index contributed by atoms with van der Waals surface area (Å²) in [6, 6.07) is 5.50. The Morgan fingerprint density at radius 1 is 1.25 bits per heavy atom. The minimum absolute atomic E-state index is 0.00215. The molecule has 1 unspecified atom stereocenters. The molecule has 1 aromatic carbocycles. The number of nitrogens with one attached hydrogen (secondary N) is 1. The number of nitrogens with zero attached hydrogens (tertiary/aromatic N) is 1. The van der Waals surface area contributed by atoms with E-state index in [1.54, 1.807) is 19.3 Å². The van der Waals surface area contributed by atoms with Gasteiger partial charge in [0, 0.05) is 29.9 Å². The van der Waals surface area contributed by atoms with Crippen LogP contribution in [0.3, 0.4) is 0 Å². The molecule has 0 bridgehead atoms. The highest BCUT2D eigenvalue weighted by atomic mass is 35.5. The van der Waals surface area contributed by atoms with Crippen LogP contribution in [-0.2, 0) is 7.05 Å². The van der Waals surface area contributed by atoms with Crippen molar-refractivity contribution in [1.29, 1.82) is 0 Å². The summed E-state index contributed by atoms with van der Waals surface area (Å²) in [7, 11) is 1.65. The minimum atomic E-state index is -0.514. The van der Waals surface area contributed by atoms with Crippen molar-refractivity contribution in [3.63, 3.8) is 0 Å². The van der Waals surface area contributed by atoms with Crippen LogP contribution in [0, 0.1) is 5.82 Å². The van der Waals surface area contributed by atoms with Gasteiger partial charge in [0.25, 0.3) is 0 Å². The molecule has 3 nitrogen and oxygen atoms in total. The summed E-state index contributed by atoms with van der Waals surface area (Å²) in [6.45, 7) is 1.82. The molecule has 1 atom stereocenters. The Hall–Kier alpha value is -1.52. The summed E-state index contributed by atoms with van der Waals surface area (Å²) in [4.78, 5) is 11.3. The maximum Gasteiger partial charge on any atom is 0.250 e. The summed E-state index contributed by atoms with van der Waals surface area (Å²) in [6.07, 6.45) is 1.65. The highest BCUT2D eigenvalue weighted by molar-refractivity contribution is 6.36. The molecule has 1 N–H and O–H groups in total. The van der Waals surface area contributed by atoms with E-state index >= 15 is 0 Å². The zero-order chi connectivity index (χ0) is 14.9. The maximum absolute atomic E-state index is 13.5. The second-order valence-electron chi connectivity index (χ2n) is 4.49. The molecule has 0 amide bonds. The van der Waals surface area contributed by atoms with Crippen LogP contribution in [0.25, 0.3) is 0 Å². The van der Waals surface area contributed by atoms with Crippen molar-refractivity contribution in [2.24, 2.45) is 7.05 Å². The van der Waals surface area contributed by atoms with Gasteiger partial charge in [-0.15, -0.1) is 0 Å². The first-order valence-electron chi connectivity index (χ1n) is 5.96. The molecule has 1 heterocycles. The topological polar surface area (TPSA) is 34.0 Å². The van der Waals surface area contributed by atoms with Gasteiger partial charge < -0.3 is 9.88 Å². The zero-order valence-electron chi connectivity index (χ0n) is 11.0. The van der Waals surface area contributed by atoms with Crippen molar-refractivity contribution in [3.8, 4) is 0 Å². The monoisotopic (exact) mass is 314 g/mol. The van der Waals surface area contributed by atoms with Crippen molar-refractivity contribution in [3.05, 3.63) is 62.2 Å². The number of halogens is 3. The molecule has 0 fully saturated rings. The molecule has 0 radical (unpaired) electrons. The van der Waals surface area contributed by atoms with Crippen molar-refractivity contribution in [2.45, 2.75) is 13.0 Å². The summed E-state index contributed by atoms with van der Waals surface area (Å²) in [5.74, 6) is -0.514. The van der Waals surface area contributed by atoms with Gasteiger partial charge in [-0.2, -0.15) is 0 Å². The standard InChI is InChI=1S/C14H13Cl2FN2O/c1-8(13-10(15)4-5-11(17)14(13)16)18-9-3-6-12(20)19(2)7-9/h3-8,18H,1-2H3. The highest BCUT2D eigenvalue weighted by Crippen LogP contribution is 2.33. The first-order valence-corrected chi connectivity index (χ1v) is 6.72. The number of rotatable bonds is 3. The molecule has 2 aromatic rings. The van der Waals surface area contributed by atoms with Gasteiger partial charge in [0.05, 0.1) is 16.8 Å². The van der Waals surface area contributed by atoms with Crippen LogP contribution < -0.4 is 10.9 Å². The molecule has 1 aromatic heterocycles. The number of anilines is 1. The quantitative estimate of drug-likeness (QED) is 0.869. The Kier molecular flexibility index (Phi) is 4.35. The van der Waals surface area contributed by atoms with E-state index in [-0.39, 0.29) is 16.6 Å². The first-order chi connectivity index (χ1) is 9.40. The molecule has 0 saturated carbocycles. The normalized spacial score (nSPS) is 12.2. The zero-order valence-corrected chi connectivity index (χ0v) is 12.5. The van der Waals surface area contributed by atoms with Gasteiger partial charge in [-0.3, -0.25) is 4.79 Å². The van der Waals surface area contributed by atoms with E-state index in [1.807, 2.05) is 6.92 Å². The second kappa shape index (κ2) is 5.85. The largest absolute Gasteiger partial charge is 0.377 e. The average Bonchev–Trinajstić information content (AvgIpc) is 2.39. The van der Waals surface area contributed by atoms with Crippen LogP contribution >= 0.6 is 23.2 Å². The lowest BCUT2D eigenvalue weighted by Crippen LogP contribution is -2.16. The summed E-state index contributed by atoms with van der Waals surface area (Å²) < 4.78 is 15.0. The third-order valence-corrected chi connectivity index (χ3v) is 3.70. The van der Waals surface area contributed by atoms with E-state index < -0.39 is 5.82 Å². The number of aromatic nitrogens is 1. The van der Waals surface area contributed by atoms with Crippen molar-refractivity contribution >= 4 is 28.9 Å². The van der Waals surface area contributed by atoms with E-state index in [0.29, 0.717) is 10.6 Å². The molecule has 6 heteroatoms. The fourth-order valence-corrected chi connectivity index (χ4v) is 2.64. The van der Waals surface area contributed by atoms with E-state index in [4.69, 9.17) is 23.2 Å². The second-order valence-corrected chi connectivity index (χ2v) is 5.27. The molecule has 0 aliphatic heterocycles. The Morgan fingerprint density at radius 2 is 1.95 bits per heavy atom. The Morgan fingerprint density at radius 3 is 2.60 bits per heavy atom. The minimum Gasteiger partial charge on any atom is -0.377 e. The molecule has 0 saturated heterocycles. The molecule has 0 aliphatic rings. The van der Waals surface area contributed by atoms with Crippen molar-refractivity contribution in [1.82, 2.24) is 4.57 Å². The molecule has 2 rings (SSSR count). The van der Waals surface area contributed by atoms with Crippen molar-refractivity contribution in [2.75, 3.05) is 5.32 Å². The molecule has 0 aliphatic carbocycles. The van der Waals surface area contributed by atoms with Crippen LogP contribution in [0.1, 0.15) is 18.5 Å². The lowest BCUT2D eigenvalue weighted by molar-refractivity contribution is 0.624. The molecular formula is C14H13Cl2FN2O. The Labute approximate surface area is 125 Å². The van der Waals surface area contributed by atoms with Crippen LogP contribution in [0.15, 0.2) is 35.3 Å². The fraction of sp³-hybridized carbons (Fsp3) is 0.214. The highest BCUT2D eigenvalue weighted by Gasteiger charge is 2.17. The maximum atomic E-state index is 13.5. The number of pyridine rings is 1. The third kappa shape index (κ3) is 2.97. The lowest BCUT2D eigenvalue weighted by atomic mass is 10.1. The molecular weight excluding hydrogens is 302 g/mol. The van der Waals surface area contributed by atoms with Gasteiger partial charge in [-0.1, -0.05) is 23.2 Å². The SMILES string of the molecule is CC(Nc1ccc(=O)n(C)c1)c1c(Cl)ccc(F)c1Cl. The van der Waals surface area contributed by atoms with Crippen molar-refractivity contribution < 1.29 is 4.39 Å². The number of hydrogen-bond acceptors (Lipinski definition) is 2. The van der Waals surface area contributed by atoms with Gasteiger partial charge in [-0.25, -0.2) is 4.39 Å². The van der Waals surface area contributed by atoms with E-state index in [1.165, 1.54) is 22.8 Å². The predicted molar refractivity (Wildman–Crippen MR) is 80.1 cm³/mol. The van der Waals surface area contributed by atoms with Gasteiger partial charge >= 0.3 is 0 Å². The predicted octanol–water partition coefficient (Wildman–Crippen LogP) is 4.00. The molecule has 20 heavy (non-hydrogen) atoms. The lowest BCUT2D eigenvalue weighted by Gasteiger charge is -2.19. The Bertz CT molecular complexity index is 700. The van der Waals surface area contributed by atoms with Gasteiger partial charge in [0.15, 0.2) is 0 Å². The first kappa shape index (κ1) is 14.9. The Balaban J connectivity index is 2.33. The summed E-state index contributed by atoms with van der Waals surface area (Å²) in [5.41, 5.74) is 1.10. The number of aryl methyl sites for hydroxylation is 1. The van der Waals surface area contributed by atoms with Crippen LogP contribution in [-0.4, -0.2) is 4.57 Å². The summed E-state index contributed by atoms with van der Waals surface area (Å²) in [5, 5.41) is 3.53.